The molecule has 0 radical (unpaired) electrons. The molecule has 0 saturated carbocycles. The number of methoxy groups -OCH3 is 6. The maximum absolute atomic E-state index is 13.5. The number of carbonyl (C=O) groups is 6. The van der Waals surface area contributed by atoms with E-state index in [4.69, 9.17) is 47.6 Å². The van der Waals surface area contributed by atoms with Crippen molar-refractivity contribution in [3.8, 4) is 40.2 Å². The molecule has 0 unspecified atom stereocenters. The molecule has 0 bridgehead atoms. The predicted octanol–water partition coefficient (Wildman–Crippen LogP) is 11.1. The first-order valence-electron chi connectivity index (χ1n) is 35.7. The Bertz CT molecular complexity index is 4560. The molecular weight excluding hydrogens is 1440 g/mol. The van der Waals surface area contributed by atoms with Crippen molar-refractivity contribution >= 4 is 81.5 Å². The molecule has 6 aromatic carbocycles. The van der Waals surface area contributed by atoms with E-state index in [-0.39, 0.29) is 98.9 Å². The summed E-state index contributed by atoms with van der Waals surface area (Å²) in [6.45, 7) is 9.47. The maximum atomic E-state index is 13.5. The summed E-state index contributed by atoms with van der Waals surface area (Å²) in [6, 6.07) is 26.1. The second kappa shape index (κ2) is 38.7. The fourth-order valence-electron chi connectivity index (χ4n) is 13.0. The second-order valence-electron chi connectivity index (χ2n) is 26.4. The molecule has 110 heavy (non-hydrogen) atoms. The van der Waals surface area contributed by atoms with Crippen LogP contribution >= 0.6 is 0 Å². The first-order chi connectivity index (χ1) is 52.9. The van der Waals surface area contributed by atoms with Gasteiger partial charge in [-0.05, 0) is 140 Å². The summed E-state index contributed by atoms with van der Waals surface area (Å²) in [5.41, 5.74) is 13.1. The van der Waals surface area contributed by atoms with Gasteiger partial charge in [0, 0.05) is 69.3 Å². The van der Waals surface area contributed by atoms with Crippen molar-refractivity contribution in [2.45, 2.75) is 130 Å². The second-order valence-corrected chi connectivity index (χ2v) is 28.0. The van der Waals surface area contributed by atoms with E-state index < -0.39 is 16.1 Å². The number of aliphatic hydroxyl groups excluding tert-OH is 2. The molecule has 28 heteroatoms. The number of rotatable bonds is 24. The highest BCUT2D eigenvalue weighted by molar-refractivity contribution is 7.85. The number of aliphatic hydroxyl groups is 2. The molecule has 6 aliphatic heterocycles. The molecule has 3 fully saturated rings. The topological polar surface area (TPSA) is 336 Å². The molecule has 584 valence electrons. The van der Waals surface area contributed by atoms with Crippen molar-refractivity contribution in [3.63, 3.8) is 0 Å². The largest absolute Gasteiger partial charge is 0.504 e. The van der Waals surface area contributed by atoms with Crippen molar-refractivity contribution in [1.82, 2.24) is 14.7 Å². The molecule has 12 rings (SSSR count). The lowest BCUT2D eigenvalue weighted by Crippen LogP contribution is -2.35. The van der Waals surface area contributed by atoms with E-state index in [1.54, 1.807) is 59.6 Å². The average Bonchev–Trinajstić information content (AvgIpc) is 1.61. The Balaban J connectivity index is 0.000000202. The van der Waals surface area contributed by atoms with Gasteiger partial charge >= 0.3 is 17.9 Å². The molecule has 0 aliphatic carbocycles. The molecule has 0 aromatic heterocycles. The third-order valence-corrected chi connectivity index (χ3v) is 19.5. The minimum atomic E-state index is -3.46. The molecule has 6 heterocycles. The van der Waals surface area contributed by atoms with Gasteiger partial charge < -0.3 is 72.7 Å². The third-order valence-electron chi connectivity index (χ3n) is 19.0. The van der Waals surface area contributed by atoms with Gasteiger partial charge in [-0.1, -0.05) is 78.3 Å². The van der Waals surface area contributed by atoms with Crippen LogP contribution in [0.1, 0.15) is 135 Å². The Morgan fingerprint density at radius 3 is 1.21 bits per heavy atom. The molecule has 3 amide bonds. The van der Waals surface area contributed by atoms with Gasteiger partial charge in [0.1, 0.15) is 19.0 Å². The van der Waals surface area contributed by atoms with E-state index in [9.17, 15) is 42.3 Å². The summed E-state index contributed by atoms with van der Waals surface area (Å²) < 4.78 is 75.5. The monoisotopic (exact) mass is 1530 g/mol. The lowest BCUT2D eigenvalue weighted by molar-refractivity contribution is -0.143. The lowest BCUT2D eigenvalue weighted by Gasteiger charge is -2.20. The molecule has 3 atom stereocenters. The summed E-state index contributed by atoms with van der Waals surface area (Å²) in [4.78, 5) is 92.9. The van der Waals surface area contributed by atoms with Crippen LogP contribution in [0.3, 0.4) is 0 Å². The van der Waals surface area contributed by atoms with E-state index in [1.165, 1.54) is 65.4 Å². The van der Waals surface area contributed by atoms with Crippen LogP contribution in [-0.4, -0.2) is 186 Å². The molecule has 3 saturated heterocycles. The normalized spacial score (nSPS) is 17.4. The maximum Gasteiger partial charge on any atom is 0.343 e. The number of phenolic OH excluding ortho intramolecular Hbond substituents is 1. The van der Waals surface area contributed by atoms with Crippen LogP contribution in [0.4, 0.5) is 17.1 Å². The molecule has 0 spiro atoms. The molecule has 6 aromatic rings. The Morgan fingerprint density at radius 1 is 0.464 bits per heavy atom. The number of carbonyl (C=O) groups excluding carboxylic acids is 6. The van der Waals surface area contributed by atoms with Crippen molar-refractivity contribution in [2.75, 3.05) is 75.2 Å². The quantitative estimate of drug-likeness (QED) is 0.0219. The molecule has 3 N–H and O–H groups in total. The highest BCUT2D eigenvalue weighted by atomic mass is 32.2. The van der Waals surface area contributed by atoms with Crippen molar-refractivity contribution in [3.05, 3.63) is 187 Å². The van der Waals surface area contributed by atoms with E-state index >= 15 is 0 Å². The Hall–Kier alpha value is -11.2. The number of aliphatic imine (C=N–C) groups is 3. The van der Waals surface area contributed by atoms with Crippen LogP contribution in [0.15, 0.2) is 141 Å². The number of aromatic hydroxyl groups is 1. The number of fused-ring (bicyclic) bond motifs is 6. The molecular formula is C82H94N6O21S. The Morgan fingerprint density at radius 2 is 0.827 bits per heavy atom. The first kappa shape index (κ1) is 82.8. The molecule has 6 aliphatic rings. The summed E-state index contributed by atoms with van der Waals surface area (Å²) in [5.74, 6) is 0.922. The van der Waals surface area contributed by atoms with Crippen molar-refractivity contribution < 1.29 is 99.3 Å². The highest BCUT2D eigenvalue weighted by Crippen LogP contribution is 2.43. The van der Waals surface area contributed by atoms with Gasteiger partial charge in [0.05, 0.1) is 121 Å². The van der Waals surface area contributed by atoms with E-state index in [0.29, 0.717) is 119 Å². The van der Waals surface area contributed by atoms with Crippen LogP contribution in [0.5, 0.6) is 40.2 Å². The molecule has 27 nitrogen and oxygen atoms in total. The number of allylic oxidation sites excluding steroid dienone is 3. The fraction of sp³-hybridized carbons (Fsp3) is 0.378. The zero-order chi connectivity index (χ0) is 79.3. The van der Waals surface area contributed by atoms with Crippen molar-refractivity contribution in [2.24, 2.45) is 15.0 Å². The van der Waals surface area contributed by atoms with E-state index in [2.05, 4.69) is 24.5 Å². The summed E-state index contributed by atoms with van der Waals surface area (Å²) in [6.07, 6.45) is 17.5. The number of benzene rings is 6. The van der Waals surface area contributed by atoms with E-state index in [0.717, 1.165) is 65.3 Å². The standard InChI is InChI=1S/C41H42N4O9.C15H16N2O3.C14H20O5S.C12H16O4/c1-6-24-9-28-17-42-33-15-37(35(49-3)13-31(33)40(47)44(28)19-24)53-21-26-8-27(12-30(11-26)52-23-39(46)51-5)22-54-38-16-34-32(14-36(38)50-4)41(48)45-20-25(7-2)10-29(45)18-43-34;1-3-9-4-10-7-16-12-6-13(18)14(20-2)5-11(12)15(19)17(10)8-9;1-4-11-7-12(5-6-14(15)18-2)9-13(8-11)10-19-20(3,16)17;1-16-12(15)3-2-9-4-10(7-13)6-11(5-9)8-14/h6-8,11-18,28-29H,9-10,19-23H2,1-5H3;3,5-7,10,18H,4,8H2,1-2H3;7-9H,4-6,10H2,1-3H3;4-6,13-14H,2-3,7-8H2,1H3/b24-6+,25-7+;9-3+;;/t28-,29-;10-;;/m00../s1. The number of esters is 3. The van der Waals surface area contributed by atoms with Crippen LogP contribution < -0.4 is 28.4 Å². The number of ether oxygens (including phenoxy) is 9. The number of hydrogen-bond acceptors (Lipinski definition) is 24. The minimum absolute atomic E-state index is 0.00534. The third kappa shape index (κ3) is 21.6. The Labute approximate surface area is 640 Å². The first-order valence-corrected chi connectivity index (χ1v) is 37.5. The lowest BCUT2D eigenvalue weighted by atomic mass is 10.0. The summed E-state index contributed by atoms with van der Waals surface area (Å²) >= 11 is 0. The number of amides is 3. The predicted molar refractivity (Wildman–Crippen MR) is 412 cm³/mol. The van der Waals surface area contributed by atoms with Gasteiger partial charge in [-0.3, -0.25) is 43.1 Å². The van der Waals surface area contributed by atoms with Gasteiger partial charge in [-0.25, -0.2) is 4.79 Å². The van der Waals surface area contributed by atoms with Crippen molar-refractivity contribution in [1.29, 1.82) is 0 Å². The number of phenols is 1. The Kier molecular flexibility index (Phi) is 29.2. The SMILES string of the molecule is C/C=C1\C[C@H]2C=Nc3cc(O)c(OC)cc3C(=O)N2C1.C/C=C1\C[C@H]2C=Nc3cc(OCc4cc(COc5cc6c(cc5OC)C(=O)N5C/C(=C/C)C[C@H]5C=N6)cc(OCC(=O)OC)c4)c(OC)cc3C(=O)N2C1.CCc1cc(CCC(=O)OC)cc(COS(C)(=O)=O)c1.COC(=O)CCc1cc(CO)cc(CO)c1. The van der Waals surface area contributed by atoms with Crippen LogP contribution in [-0.2, 0) is 95.2 Å². The summed E-state index contributed by atoms with van der Waals surface area (Å²) in [5, 5.41) is 27.9. The zero-order valence-corrected chi connectivity index (χ0v) is 64.5. The van der Waals surface area contributed by atoms with Crippen LogP contribution in [0.2, 0.25) is 0 Å². The fourth-order valence-corrected chi connectivity index (χ4v) is 13.4. The van der Waals surface area contributed by atoms with Gasteiger partial charge in [0.2, 0.25) is 0 Å². The van der Waals surface area contributed by atoms with Crippen LogP contribution in [0, 0.1) is 0 Å². The minimum Gasteiger partial charge on any atom is -0.504 e. The zero-order valence-electron chi connectivity index (χ0n) is 63.7. The van der Waals surface area contributed by atoms with Gasteiger partial charge in [-0.15, -0.1) is 0 Å². The average molecular weight is 1530 g/mol. The number of aryl methyl sites for hydroxylation is 3. The smallest absolute Gasteiger partial charge is 0.343 e. The highest BCUT2D eigenvalue weighted by Gasteiger charge is 2.38. The van der Waals surface area contributed by atoms with Gasteiger partial charge in [0.15, 0.2) is 41.1 Å². The van der Waals surface area contributed by atoms with E-state index in [1.807, 2.05) is 105 Å². The van der Waals surface area contributed by atoms with Crippen LogP contribution in [0.25, 0.3) is 0 Å². The van der Waals surface area contributed by atoms with Gasteiger partial charge in [-0.2, -0.15) is 8.42 Å². The number of hydrogen-bond donors (Lipinski definition) is 3. The van der Waals surface area contributed by atoms with Gasteiger partial charge in [0.25, 0.3) is 27.8 Å². The number of nitrogens with zero attached hydrogens (tertiary/aromatic N) is 6. The summed E-state index contributed by atoms with van der Waals surface area (Å²) in [7, 11) is 5.04.